The average Bonchev–Trinajstić information content (AvgIpc) is 2.71. The van der Waals surface area contributed by atoms with Crippen LogP contribution in [-0.4, -0.2) is 42.5 Å². The van der Waals surface area contributed by atoms with Gasteiger partial charge < -0.3 is 15.4 Å². The van der Waals surface area contributed by atoms with E-state index in [9.17, 15) is 9.59 Å². The Morgan fingerprint density at radius 1 is 1.10 bits per heavy atom. The van der Waals surface area contributed by atoms with Crippen molar-refractivity contribution in [1.29, 1.82) is 0 Å². The Morgan fingerprint density at radius 3 is 2.42 bits per heavy atom. The highest BCUT2D eigenvalue weighted by Gasteiger charge is 2.22. The summed E-state index contributed by atoms with van der Waals surface area (Å²) in [5.41, 5.74) is 1.38. The molecule has 0 bridgehead atoms. The van der Waals surface area contributed by atoms with Gasteiger partial charge in [0, 0.05) is 11.6 Å². The maximum atomic E-state index is 12.7. The van der Waals surface area contributed by atoms with Crippen molar-refractivity contribution >= 4 is 46.8 Å². The Labute approximate surface area is 198 Å². The number of hydrogen-bond acceptors (Lipinski definition) is 4. The predicted octanol–water partition coefficient (Wildman–Crippen LogP) is 4.99. The monoisotopic (exact) mass is 482 g/mol. The van der Waals surface area contributed by atoms with E-state index in [1.54, 1.807) is 23.9 Å². The van der Waals surface area contributed by atoms with Crippen LogP contribution in [0, 0.1) is 0 Å². The van der Waals surface area contributed by atoms with Crippen molar-refractivity contribution in [2.24, 2.45) is 0 Å². The minimum atomic E-state index is -0.645. The molecule has 0 fully saturated rings. The van der Waals surface area contributed by atoms with Crippen LogP contribution in [0.1, 0.15) is 36.2 Å². The maximum absolute atomic E-state index is 12.7. The van der Waals surface area contributed by atoms with Crippen molar-refractivity contribution in [3.8, 4) is 5.75 Å². The lowest BCUT2D eigenvalue weighted by molar-refractivity contribution is -0.122. The van der Waals surface area contributed by atoms with Crippen LogP contribution in [0.4, 0.5) is 0 Å². The first kappa shape index (κ1) is 25.4. The maximum Gasteiger partial charge on any atom is 0.253 e. The molecule has 0 radical (unpaired) electrons. The first-order chi connectivity index (χ1) is 14.8. The van der Waals surface area contributed by atoms with Crippen LogP contribution >= 0.6 is 35.0 Å². The number of rotatable bonds is 11. The van der Waals surface area contributed by atoms with Crippen LogP contribution in [0.25, 0.3) is 0 Å². The number of carbonyl (C=O) groups is 2. The van der Waals surface area contributed by atoms with E-state index in [-0.39, 0.29) is 22.6 Å². The van der Waals surface area contributed by atoms with Crippen LogP contribution in [0.2, 0.25) is 10.0 Å². The molecule has 0 saturated carbocycles. The Bertz CT molecular complexity index is 876. The highest BCUT2D eigenvalue weighted by atomic mass is 35.5. The molecule has 31 heavy (non-hydrogen) atoms. The van der Waals surface area contributed by atoms with Crippen molar-refractivity contribution in [1.82, 2.24) is 10.6 Å². The zero-order chi connectivity index (χ0) is 22.8. The highest BCUT2D eigenvalue weighted by Crippen LogP contribution is 2.21. The van der Waals surface area contributed by atoms with Crippen molar-refractivity contribution in [2.75, 3.05) is 18.6 Å². The second kappa shape index (κ2) is 12.8. The number of benzene rings is 2. The summed E-state index contributed by atoms with van der Waals surface area (Å²) in [4.78, 5) is 25.3. The molecule has 2 amide bonds. The fraction of sp³-hybridized carbons (Fsp3) is 0.391. The van der Waals surface area contributed by atoms with E-state index in [1.807, 2.05) is 44.4 Å². The van der Waals surface area contributed by atoms with Crippen molar-refractivity contribution in [2.45, 2.75) is 38.8 Å². The Balaban J connectivity index is 1.92. The van der Waals surface area contributed by atoms with E-state index < -0.39 is 11.9 Å². The third-order valence-electron chi connectivity index (χ3n) is 4.42. The van der Waals surface area contributed by atoms with Gasteiger partial charge in [0.1, 0.15) is 11.8 Å². The van der Waals surface area contributed by atoms with Crippen molar-refractivity contribution in [3.63, 3.8) is 0 Å². The standard InChI is InChI=1S/C23H28Cl2N2O3S/c1-15(2)30-18-7-4-16(5-8-18)10-12-26-23(29)21(11-13-31-3)27-22(28)19-9-6-17(24)14-20(19)25/h4-9,14-15,21H,10-13H2,1-3H3,(H,26,29)(H,27,28). The van der Waals surface area contributed by atoms with E-state index in [2.05, 4.69) is 10.6 Å². The number of nitrogens with one attached hydrogen (secondary N) is 2. The van der Waals surface area contributed by atoms with Gasteiger partial charge in [0.05, 0.1) is 16.7 Å². The topological polar surface area (TPSA) is 67.4 Å². The van der Waals surface area contributed by atoms with Gasteiger partial charge in [0.25, 0.3) is 5.91 Å². The van der Waals surface area contributed by atoms with Gasteiger partial charge in [0.2, 0.25) is 5.91 Å². The van der Waals surface area contributed by atoms with Crippen LogP contribution in [0.3, 0.4) is 0 Å². The SMILES string of the molecule is CSCCC(NC(=O)c1ccc(Cl)cc1Cl)C(=O)NCCc1ccc(OC(C)C)cc1. The molecule has 2 aromatic carbocycles. The van der Waals surface area contributed by atoms with Gasteiger partial charge >= 0.3 is 0 Å². The first-order valence-electron chi connectivity index (χ1n) is 10.1. The molecule has 2 aromatic rings. The van der Waals surface area contributed by atoms with Gasteiger partial charge in [-0.15, -0.1) is 0 Å². The molecule has 0 aliphatic heterocycles. The van der Waals surface area contributed by atoms with E-state index in [0.29, 0.717) is 24.4 Å². The summed E-state index contributed by atoms with van der Waals surface area (Å²) in [5, 5.41) is 6.41. The smallest absolute Gasteiger partial charge is 0.253 e. The van der Waals surface area contributed by atoms with Crippen LogP contribution in [0.5, 0.6) is 5.75 Å². The molecule has 2 N–H and O–H groups in total. The van der Waals surface area contributed by atoms with E-state index in [4.69, 9.17) is 27.9 Å². The number of carbonyl (C=O) groups excluding carboxylic acids is 2. The molecule has 0 saturated heterocycles. The van der Waals surface area contributed by atoms with E-state index >= 15 is 0 Å². The first-order valence-corrected chi connectivity index (χ1v) is 12.2. The Kier molecular flexibility index (Phi) is 10.5. The molecule has 1 atom stereocenters. The minimum absolute atomic E-state index is 0.126. The summed E-state index contributed by atoms with van der Waals surface area (Å²) in [6, 6.07) is 11.8. The summed E-state index contributed by atoms with van der Waals surface area (Å²) in [5.74, 6) is 0.948. The Morgan fingerprint density at radius 2 is 1.81 bits per heavy atom. The molecule has 2 rings (SSSR count). The van der Waals surface area contributed by atoms with Gasteiger partial charge in [-0.1, -0.05) is 35.3 Å². The molecule has 8 heteroatoms. The second-order valence-electron chi connectivity index (χ2n) is 7.28. The minimum Gasteiger partial charge on any atom is -0.491 e. The van der Waals surface area contributed by atoms with Crippen LogP contribution < -0.4 is 15.4 Å². The van der Waals surface area contributed by atoms with Gasteiger partial charge in [-0.05, 0) is 74.6 Å². The lowest BCUT2D eigenvalue weighted by Crippen LogP contribution is -2.47. The molecule has 5 nitrogen and oxygen atoms in total. The summed E-state index contributed by atoms with van der Waals surface area (Å²) < 4.78 is 5.64. The number of ether oxygens (including phenoxy) is 1. The molecule has 0 aliphatic rings. The van der Waals surface area contributed by atoms with Crippen molar-refractivity contribution < 1.29 is 14.3 Å². The van der Waals surface area contributed by atoms with Crippen molar-refractivity contribution in [3.05, 3.63) is 63.6 Å². The molecule has 168 valence electrons. The average molecular weight is 483 g/mol. The second-order valence-corrected chi connectivity index (χ2v) is 9.11. The Hall–Kier alpha value is -1.89. The predicted molar refractivity (Wildman–Crippen MR) is 130 cm³/mol. The van der Waals surface area contributed by atoms with Gasteiger partial charge in [-0.2, -0.15) is 11.8 Å². The molecule has 0 aliphatic carbocycles. The number of amides is 2. The molecule has 0 heterocycles. The van der Waals surface area contributed by atoms with Gasteiger partial charge in [0.15, 0.2) is 0 Å². The number of halogens is 2. The zero-order valence-electron chi connectivity index (χ0n) is 17.9. The fourth-order valence-electron chi connectivity index (χ4n) is 2.87. The third kappa shape index (κ3) is 8.63. The molecular formula is C23H28Cl2N2O3S. The van der Waals surface area contributed by atoms with E-state index in [0.717, 1.165) is 17.1 Å². The molecular weight excluding hydrogens is 455 g/mol. The molecule has 0 aromatic heterocycles. The van der Waals surface area contributed by atoms with E-state index in [1.165, 1.54) is 6.07 Å². The van der Waals surface area contributed by atoms with Crippen LogP contribution in [-0.2, 0) is 11.2 Å². The quantitative estimate of drug-likeness (QED) is 0.473. The normalized spacial score (nSPS) is 11.8. The highest BCUT2D eigenvalue weighted by molar-refractivity contribution is 7.98. The van der Waals surface area contributed by atoms with Crippen LogP contribution in [0.15, 0.2) is 42.5 Å². The van der Waals surface area contributed by atoms with Gasteiger partial charge in [-0.3, -0.25) is 9.59 Å². The fourth-order valence-corrected chi connectivity index (χ4v) is 3.84. The third-order valence-corrected chi connectivity index (χ3v) is 5.61. The summed E-state index contributed by atoms with van der Waals surface area (Å²) in [7, 11) is 0. The summed E-state index contributed by atoms with van der Waals surface area (Å²) in [6.45, 7) is 4.43. The summed E-state index contributed by atoms with van der Waals surface area (Å²) in [6.07, 6.45) is 3.28. The number of hydrogen-bond donors (Lipinski definition) is 2. The number of thioether (sulfide) groups is 1. The lowest BCUT2D eigenvalue weighted by Gasteiger charge is -2.19. The largest absolute Gasteiger partial charge is 0.491 e. The zero-order valence-corrected chi connectivity index (χ0v) is 20.2. The molecule has 0 spiro atoms. The summed E-state index contributed by atoms with van der Waals surface area (Å²) >= 11 is 13.6. The lowest BCUT2D eigenvalue weighted by atomic mass is 10.1. The molecule has 1 unspecified atom stereocenters. The van der Waals surface area contributed by atoms with Gasteiger partial charge in [-0.25, -0.2) is 0 Å².